The lowest BCUT2D eigenvalue weighted by atomic mass is 9.99. The number of hydrogen-bond acceptors (Lipinski definition) is 2. The number of benzene rings is 2. The summed E-state index contributed by atoms with van der Waals surface area (Å²) in [5, 5.41) is 0. The number of rotatable bonds is 5. The fraction of sp³-hybridized carbons (Fsp3) is 0.278. The smallest absolute Gasteiger partial charge is 0.167 e. The average Bonchev–Trinajstić information content (AvgIpc) is 2.38. The molecule has 0 radical (unpaired) electrons. The molecule has 0 amide bonds. The fourth-order valence-electron chi connectivity index (χ4n) is 2.48. The second kappa shape index (κ2) is 6.49. The van der Waals surface area contributed by atoms with E-state index in [2.05, 4.69) is 32.0 Å². The van der Waals surface area contributed by atoms with E-state index in [4.69, 9.17) is 5.73 Å². The minimum absolute atomic E-state index is 0.161. The third-order valence-electron chi connectivity index (χ3n) is 3.36. The SMILES string of the molecule is Cc1cc(C)cc(CC(=O)c2ccc(CCN)cc2)c1. The van der Waals surface area contributed by atoms with Gasteiger partial charge in [-0.05, 0) is 37.9 Å². The second-order valence-corrected chi connectivity index (χ2v) is 5.33. The zero-order valence-electron chi connectivity index (χ0n) is 12.1. The molecule has 2 aromatic carbocycles. The maximum absolute atomic E-state index is 12.3. The van der Waals surface area contributed by atoms with Crippen molar-refractivity contribution in [3.05, 3.63) is 70.3 Å². The van der Waals surface area contributed by atoms with Crippen LogP contribution in [0.15, 0.2) is 42.5 Å². The van der Waals surface area contributed by atoms with Crippen LogP contribution in [0.4, 0.5) is 0 Å². The number of hydrogen-bond donors (Lipinski definition) is 1. The minimum Gasteiger partial charge on any atom is -0.330 e. The normalized spacial score (nSPS) is 10.6. The minimum atomic E-state index is 0.161. The molecule has 0 aromatic heterocycles. The van der Waals surface area contributed by atoms with Crippen molar-refractivity contribution in [1.29, 1.82) is 0 Å². The molecule has 0 aliphatic rings. The number of aryl methyl sites for hydroxylation is 2. The fourth-order valence-corrected chi connectivity index (χ4v) is 2.48. The van der Waals surface area contributed by atoms with Crippen molar-refractivity contribution in [3.8, 4) is 0 Å². The topological polar surface area (TPSA) is 43.1 Å². The van der Waals surface area contributed by atoms with Crippen molar-refractivity contribution in [2.45, 2.75) is 26.7 Å². The molecule has 2 aromatic rings. The lowest BCUT2D eigenvalue weighted by Crippen LogP contribution is -2.06. The quantitative estimate of drug-likeness (QED) is 0.845. The molecule has 2 heteroatoms. The largest absolute Gasteiger partial charge is 0.330 e. The van der Waals surface area contributed by atoms with Crippen LogP contribution >= 0.6 is 0 Å². The van der Waals surface area contributed by atoms with E-state index in [0.717, 1.165) is 17.5 Å². The number of nitrogens with two attached hydrogens (primary N) is 1. The van der Waals surface area contributed by atoms with Gasteiger partial charge in [-0.3, -0.25) is 4.79 Å². The molecule has 0 spiro atoms. The van der Waals surface area contributed by atoms with E-state index in [0.29, 0.717) is 13.0 Å². The van der Waals surface area contributed by atoms with E-state index in [-0.39, 0.29) is 5.78 Å². The maximum atomic E-state index is 12.3. The lowest BCUT2D eigenvalue weighted by Gasteiger charge is -2.06. The van der Waals surface area contributed by atoms with Gasteiger partial charge in [0.05, 0.1) is 0 Å². The monoisotopic (exact) mass is 267 g/mol. The van der Waals surface area contributed by atoms with Crippen LogP contribution in [-0.2, 0) is 12.8 Å². The highest BCUT2D eigenvalue weighted by Crippen LogP contribution is 2.13. The Labute approximate surface area is 120 Å². The molecule has 2 N–H and O–H groups in total. The predicted octanol–water partition coefficient (Wildman–Crippen LogP) is 3.23. The lowest BCUT2D eigenvalue weighted by molar-refractivity contribution is 0.0993. The Bertz CT molecular complexity index is 579. The van der Waals surface area contributed by atoms with Gasteiger partial charge in [0.1, 0.15) is 0 Å². The van der Waals surface area contributed by atoms with Gasteiger partial charge in [-0.15, -0.1) is 0 Å². The van der Waals surface area contributed by atoms with Gasteiger partial charge in [-0.2, -0.15) is 0 Å². The Kier molecular flexibility index (Phi) is 4.70. The van der Waals surface area contributed by atoms with Crippen LogP contribution in [0.3, 0.4) is 0 Å². The molecule has 0 bridgehead atoms. The summed E-state index contributed by atoms with van der Waals surface area (Å²) in [6.07, 6.45) is 1.31. The van der Waals surface area contributed by atoms with Crippen molar-refractivity contribution in [3.63, 3.8) is 0 Å². The van der Waals surface area contributed by atoms with E-state index in [1.807, 2.05) is 24.3 Å². The molecule has 0 atom stereocenters. The number of carbonyl (C=O) groups excluding carboxylic acids is 1. The van der Waals surface area contributed by atoms with E-state index in [1.165, 1.54) is 16.7 Å². The van der Waals surface area contributed by atoms with Gasteiger partial charge < -0.3 is 5.73 Å². The summed E-state index contributed by atoms with van der Waals surface area (Å²) in [5.41, 5.74) is 10.9. The first-order valence-corrected chi connectivity index (χ1v) is 6.98. The summed E-state index contributed by atoms with van der Waals surface area (Å²) in [5.74, 6) is 0.161. The second-order valence-electron chi connectivity index (χ2n) is 5.33. The van der Waals surface area contributed by atoms with Crippen LogP contribution in [-0.4, -0.2) is 12.3 Å². The van der Waals surface area contributed by atoms with Gasteiger partial charge >= 0.3 is 0 Å². The third kappa shape index (κ3) is 3.78. The Hall–Kier alpha value is -1.93. The molecule has 0 fully saturated rings. The molecule has 0 aliphatic heterocycles. The van der Waals surface area contributed by atoms with E-state index < -0.39 is 0 Å². The van der Waals surface area contributed by atoms with Crippen molar-refractivity contribution in [1.82, 2.24) is 0 Å². The highest BCUT2D eigenvalue weighted by Gasteiger charge is 2.07. The first-order valence-electron chi connectivity index (χ1n) is 6.98. The van der Waals surface area contributed by atoms with Gasteiger partial charge in [-0.25, -0.2) is 0 Å². The van der Waals surface area contributed by atoms with Gasteiger partial charge in [0.2, 0.25) is 0 Å². The molecular weight excluding hydrogens is 246 g/mol. The highest BCUT2D eigenvalue weighted by molar-refractivity contribution is 5.97. The summed E-state index contributed by atoms with van der Waals surface area (Å²) in [4.78, 5) is 12.3. The molecule has 2 nitrogen and oxygen atoms in total. The van der Waals surface area contributed by atoms with E-state index in [1.54, 1.807) is 0 Å². The van der Waals surface area contributed by atoms with Crippen molar-refractivity contribution >= 4 is 5.78 Å². The van der Waals surface area contributed by atoms with Gasteiger partial charge in [-0.1, -0.05) is 53.6 Å². The van der Waals surface area contributed by atoms with Crippen molar-refractivity contribution in [2.24, 2.45) is 5.73 Å². The standard InChI is InChI=1S/C18H21NO/c1-13-9-14(2)11-16(10-13)12-18(20)17-5-3-15(4-6-17)7-8-19/h3-6,9-11H,7-8,12,19H2,1-2H3. The molecular formula is C18H21NO. The molecule has 0 heterocycles. The summed E-state index contributed by atoms with van der Waals surface area (Å²) in [7, 11) is 0. The first-order chi connectivity index (χ1) is 9.58. The molecule has 0 aliphatic carbocycles. The maximum Gasteiger partial charge on any atom is 0.167 e. The first kappa shape index (κ1) is 14.5. The molecule has 0 saturated heterocycles. The Morgan fingerprint density at radius 1 is 0.950 bits per heavy atom. The summed E-state index contributed by atoms with van der Waals surface area (Å²) < 4.78 is 0. The molecule has 20 heavy (non-hydrogen) atoms. The van der Waals surface area contributed by atoms with Crippen molar-refractivity contribution < 1.29 is 4.79 Å². The zero-order valence-corrected chi connectivity index (χ0v) is 12.1. The Morgan fingerprint density at radius 2 is 1.55 bits per heavy atom. The molecule has 104 valence electrons. The number of carbonyl (C=O) groups is 1. The summed E-state index contributed by atoms with van der Waals surface area (Å²) in [6, 6.07) is 14.0. The molecule has 0 unspecified atom stereocenters. The molecule has 0 saturated carbocycles. The number of Topliss-reactive ketones (excluding diaryl/α,β-unsaturated/α-hetero) is 1. The van der Waals surface area contributed by atoms with Crippen LogP contribution in [0, 0.1) is 13.8 Å². The zero-order chi connectivity index (χ0) is 14.5. The van der Waals surface area contributed by atoms with Gasteiger partial charge in [0.15, 0.2) is 5.78 Å². The average molecular weight is 267 g/mol. The van der Waals surface area contributed by atoms with Crippen LogP contribution in [0.5, 0.6) is 0 Å². The van der Waals surface area contributed by atoms with Gasteiger partial charge in [0.25, 0.3) is 0 Å². The van der Waals surface area contributed by atoms with E-state index >= 15 is 0 Å². The van der Waals surface area contributed by atoms with Crippen molar-refractivity contribution in [2.75, 3.05) is 6.54 Å². The van der Waals surface area contributed by atoms with Crippen LogP contribution in [0.1, 0.15) is 32.6 Å². The number of ketones is 1. The Balaban J connectivity index is 2.11. The predicted molar refractivity (Wildman–Crippen MR) is 83.2 cm³/mol. The van der Waals surface area contributed by atoms with Crippen LogP contribution < -0.4 is 5.73 Å². The van der Waals surface area contributed by atoms with E-state index in [9.17, 15) is 4.79 Å². The molecule has 2 rings (SSSR count). The summed E-state index contributed by atoms with van der Waals surface area (Å²) in [6.45, 7) is 4.75. The highest BCUT2D eigenvalue weighted by atomic mass is 16.1. The van der Waals surface area contributed by atoms with Crippen LogP contribution in [0.25, 0.3) is 0 Å². The van der Waals surface area contributed by atoms with Gasteiger partial charge in [0, 0.05) is 12.0 Å². The van der Waals surface area contributed by atoms with Crippen LogP contribution in [0.2, 0.25) is 0 Å². The third-order valence-corrected chi connectivity index (χ3v) is 3.36. The Morgan fingerprint density at radius 3 is 2.10 bits per heavy atom. The summed E-state index contributed by atoms with van der Waals surface area (Å²) >= 11 is 0.